The first-order valence-corrected chi connectivity index (χ1v) is 5.51. The maximum atomic E-state index is 12.4. The molecule has 7 heteroatoms. The van der Waals surface area contributed by atoms with E-state index in [1.807, 2.05) is 0 Å². The van der Waals surface area contributed by atoms with Crippen LogP contribution >= 0.6 is 11.3 Å². The zero-order valence-electron chi connectivity index (χ0n) is 8.72. The number of alkyl halides is 2. The molecule has 0 amide bonds. The van der Waals surface area contributed by atoms with Crippen LogP contribution in [-0.4, -0.2) is 20.9 Å². The molecule has 0 saturated carbocycles. The maximum absolute atomic E-state index is 12.4. The Morgan fingerprint density at radius 1 is 1.53 bits per heavy atom. The summed E-state index contributed by atoms with van der Waals surface area (Å²) < 4.78 is 26.0. The highest BCUT2D eigenvalue weighted by atomic mass is 32.1. The van der Waals surface area contributed by atoms with Gasteiger partial charge in [0.1, 0.15) is 5.69 Å². The molecule has 2 rings (SSSR count). The van der Waals surface area contributed by atoms with Crippen LogP contribution in [0.5, 0.6) is 0 Å². The minimum absolute atomic E-state index is 0.0183. The van der Waals surface area contributed by atoms with Crippen LogP contribution in [-0.2, 0) is 7.05 Å². The lowest BCUT2D eigenvalue weighted by Crippen LogP contribution is -2.04. The van der Waals surface area contributed by atoms with Crippen molar-refractivity contribution in [3.05, 3.63) is 28.1 Å². The molecule has 0 radical (unpaired) electrons. The van der Waals surface area contributed by atoms with E-state index in [1.54, 1.807) is 0 Å². The summed E-state index contributed by atoms with van der Waals surface area (Å²) in [5.74, 6) is -1.10. The van der Waals surface area contributed by atoms with E-state index < -0.39 is 12.4 Å². The molecule has 1 N–H and O–H groups in total. The molecule has 17 heavy (non-hydrogen) atoms. The van der Waals surface area contributed by atoms with Gasteiger partial charge in [-0.3, -0.25) is 4.68 Å². The zero-order chi connectivity index (χ0) is 12.6. The molecule has 0 saturated heterocycles. The summed E-state index contributed by atoms with van der Waals surface area (Å²) in [6.07, 6.45) is -2.52. The Hall–Kier alpha value is -1.76. The van der Waals surface area contributed by atoms with Crippen LogP contribution in [0.25, 0.3) is 11.3 Å². The van der Waals surface area contributed by atoms with Crippen LogP contribution in [0.2, 0.25) is 0 Å². The molecule has 90 valence electrons. The van der Waals surface area contributed by atoms with E-state index in [0.29, 0.717) is 11.3 Å². The Kier molecular flexibility index (Phi) is 2.93. The number of carbonyl (C=O) groups is 1. The maximum Gasteiger partial charge on any atom is 0.354 e. The standard InChI is InChI=1S/C10H8F2N2O2S/c1-14-7(10(15)16)3-6(13-14)5-2-8(9(11)12)17-4-5/h2-4,9H,1H3,(H,15,16). The van der Waals surface area contributed by atoms with Crippen molar-refractivity contribution < 1.29 is 18.7 Å². The minimum atomic E-state index is -2.52. The Morgan fingerprint density at radius 3 is 2.71 bits per heavy atom. The number of aryl methyl sites for hydroxylation is 1. The Bertz CT molecular complexity index is 562. The minimum Gasteiger partial charge on any atom is -0.477 e. The Morgan fingerprint density at radius 2 is 2.24 bits per heavy atom. The predicted octanol–water partition coefficient (Wildman–Crippen LogP) is 2.78. The van der Waals surface area contributed by atoms with Crippen molar-refractivity contribution in [3.8, 4) is 11.3 Å². The molecule has 0 aliphatic heterocycles. The number of aromatic nitrogens is 2. The van der Waals surface area contributed by atoms with E-state index >= 15 is 0 Å². The monoisotopic (exact) mass is 258 g/mol. The van der Waals surface area contributed by atoms with Gasteiger partial charge in [0.2, 0.25) is 0 Å². The molecule has 0 atom stereocenters. The lowest BCUT2D eigenvalue weighted by molar-refractivity contribution is 0.0685. The molecule has 0 unspecified atom stereocenters. The van der Waals surface area contributed by atoms with Gasteiger partial charge in [0, 0.05) is 18.0 Å². The number of nitrogens with zero attached hydrogens (tertiary/aromatic N) is 2. The molecule has 0 aliphatic carbocycles. The topological polar surface area (TPSA) is 55.1 Å². The number of hydrogen-bond donors (Lipinski definition) is 1. The lowest BCUT2D eigenvalue weighted by atomic mass is 10.2. The van der Waals surface area contributed by atoms with Gasteiger partial charge >= 0.3 is 5.97 Å². The highest BCUT2D eigenvalue weighted by Crippen LogP contribution is 2.31. The third-order valence-electron chi connectivity index (χ3n) is 2.23. The van der Waals surface area contributed by atoms with E-state index in [0.717, 1.165) is 11.3 Å². The van der Waals surface area contributed by atoms with Crippen LogP contribution < -0.4 is 0 Å². The number of rotatable bonds is 3. The summed E-state index contributed by atoms with van der Waals surface area (Å²) in [5.41, 5.74) is 0.909. The van der Waals surface area contributed by atoms with Gasteiger partial charge in [0.05, 0.1) is 10.6 Å². The summed E-state index contributed by atoms with van der Waals surface area (Å²) in [4.78, 5) is 10.7. The third-order valence-corrected chi connectivity index (χ3v) is 3.17. The van der Waals surface area contributed by atoms with Crippen molar-refractivity contribution >= 4 is 17.3 Å². The second-order valence-electron chi connectivity index (χ2n) is 3.38. The van der Waals surface area contributed by atoms with Gasteiger partial charge in [0.15, 0.2) is 0 Å². The number of hydrogen-bond acceptors (Lipinski definition) is 3. The number of aromatic carboxylic acids is 1. The summed E-state index contributed by atoms with van der Waals surface area (Å²) in [6, 6.07) is 2.68. The first-order valence-electron chi connectivity index (χ1n) is 4.63. The van der Waals surface area contributed by atoms with Crippen LogP contribution in [0.15, 0.2) is 17.5 Å². The number of halogens is 2. The van der Waals surface area contributed by atoms with Crippen molar-refractivity contribution in [3.63, 3.8) is 0 Å². The van der Waals surface area contributed by atoms with Gasteiger partial charge < -0.3 is 5.11 Å². The molecular weight excluding hydrogens is 250 g/mol. The normalized spacial score (nSPS) is 11.1. The van der Waals surface area contributed by atoms with Gasteiger partial charge in [-0.2, -0.15) is 5.10 Å². The molecule has 2 aromatic rings. The zero-order valence-corrected chi connectivity index (χ0v) is 9.54. The SMILES string of the molecule is Cn1nc(-c2csc(C(F)F)c2)cc1C(=O)O. The van der Waals surface area contributed by atoms with Crippen molar-refractivity contribution in [1.29, 1.82) is 0 Å². The largest absolute Gasteiger partial charge is 0.477 e. The van der Waals surface area contributed by atoms with E-state index in [9.17, 15) is 13.6 Å². The van der Waals surface area contributed by atoms with E-state index in [1.165, 1.54) is 29.2 Å². The third kappa shape index (κ3) is 2.19. The number of carboxylic acids is 1. The lowest BCUT2D eigenvalue weighted by Gasteiger charge is -1.91. The Labute approximate surface area is 99.1 Å². The quantitative estimate of drug-likeness (QED) is 0.921. The van der Waals surface area contributed by atoms with Gasteiger partial charge in [-0.1, -0.05) is 0 Å². The molecule has 0 bridgehead atoms. The highest BCUT2D eigenvalue weighted by Gasteiger charge is 2.16. The van der Waals surface area contributed by atoms with Crippen LogP contribution in [0, 0.1) is 0 Å². The molecule has 0 fully saturated rings. The van der Waals surface area contributed by atoms with Crippen LogP contribution in [0.1, 0.15) is 21.8 Å². The Balaban J connectivity index is 2.39. The van der Waals surface area contributed by atoms with E-state index in [4.69, 9.17) is 5.11 Å². The first kappa shape index (κ1) is 11.7. The van der Waals surface area contributed by atoms with Crippen molar-refractivity contribution in [1.82, 2.24) is 9.78 Å². The number of carboxylic acid groups (broad SMARTS) is 1. The first-order chi connectivity index (χ1) is 7.99. The second-order valence-corrected chi connectivity index (χ2v) is 4.32. The van der Waals surface area contributed by atoms with Crippen molar-refractivity contribution in [2.24, 2.45) is 7.05 Å². The molecule has 0 aromatic carbocycles. The molecular formula is C10H8F2N2O2S. The fourth-order valence-corrected chi connectivity index (χ4v) is 2.16. The van der Waals surface area contributed by atoms with Crippen LogP contribution in [0.3, 0.4) is 0 Å². The summed E-state index contributed by atoms with van der Waals surface area (Å²) in [5, 5.41) is 14.4. The summed E-state index contributed by atoms with van der Waals surface area (Å²) in [6.45, 7) is 0. The summed E-state index contributed by atoms with van der Waals surface area (Å²) >= 11 is 0.929. The number of thiophene rings is 1. The molecule has 4 nitrogen and oxygen atoms in total. The molecule has 0 aliphatic rings. The predicted molar refractivity (Wildman–Crippen MR) is 58.4 cm³/mol. The highest BCUT2D eigenvalue weighted by molar-refractivity contribution is 7.10. The van der Waals surface area contributed by atoms with Crippen LogP contribution in [0.4, 0.5) is 8.78 Å². The van der Waals surface area contributed by atoms with Crippen molar-refractivity contribution in [2.45, 2.75) is 6.43 Å². The van der Waals surface area contributed by atoms with E-state index in [-0.39, 0.29) is 10.6 Å². The summed E-state index contributed by atoms with van der Waals surface area (Å²) in [7, 11) is 1.49. The van der Waals surface area contributed by atoms with Gasteiger partial charge in [-0.15, -0.1) is 11.3 Å². The molecule has 2 heterocycles. The average Bonchev–Trinajstić information content (AvgIpc) is 2.82. The fraction of sp³-hybridized carbons (Fsp3) is 0.200. The fourth-order valence-electron chi connectivity index (χ4n) is 1.41. The second kappa shape index (κ2) is 4.25. The van der Waals surface area contributed by atoms with Gasteiger partial charge in [0.25, 0.3) is 6.43 Å². The smallest absolute Gasteiger partial charge is 0.354 e. The molecule has 2 aromatic heterocycles. The molecule has 0 spiro atoms. The van der Waals surface area contributed by atoms with E-state index in [2.05, 4.69) is 5.10 Å². The van der Waals surface area contributed by atoms with Gasteiger partial charge in [-0.05, 0) is 12.1 Å². The van der Waals surface area contributed by atoms with Crippen molar-refractivity contribution in [2.75, 3.05) is 0 Å². The van der Waals surface area contributed by atoms with Gasteiger partial charge in [-0.25, -0.2) is 13.6 Å². The average molecular weight is 258 g/mol.